The highest BCUT2D eigenvalue weighted by Gasteiger charge is 2.46. The first-order valence-corrected chi connectivity index (χ1v) is 8.62. The molecule has 0 saturated heterocycles. The number of pyridine rings is 1. The molecule has 1 saturated carbocycles. The Morgan fingerprint density at radius 3 is 2.96 bits per heavy atom. The molecule has 0 bridgehead atoms. The molecule has 3 atom stereocenters. The Bertz CT molecular complexity index is 947. The summed E-state index contributed by atoms with van der Waals surface area (Å²) in [6, 6.07) is 11.6. The van der Waals surface area contributed by atoms with Crippen molar-refractivity contribution >= 4 is 28.3 Å². The van der Waals surface area contributed by atoms with Crippen LogP contribution in [0.3, 0.4) is 0 Å². The minimum absolute atomic E-state index is 0.0886. The predicted octanol–water partition coefficient (Wildman–Crippen LogP) is 3.43. The van der Waals surface area contributed by atoms with Gasteiger partial charge in [-0.1, -0.05) is 29.8 Å². The van der Waals surface area contributed by atoms with Gasteiger partial charge in [-0.15, -0.1) is 0 Å². The number of benzene rings is 1. The summed E-state index contributed by atoms with van der Waals surface area (Å²) in [7, 11) is 0. The van der Waals surface area contributed by atoms with Crippen molar-refractivity contribution in [2.24, 2.45) is 11.7 Å². The molecule has 5 nitrogen and oxygen atoms in total. The second kappa shape index (κ2) is 6.05. The Balaban J connectivity index is 1.94. The topological polar surface area (TPSA) is 89.0 Å². The Labute approximate surface area is 150 Å². The number of nitrogens with two attached hydrogens (primary N) is 1. The van der Waals surface area contributed by atoms with Crippen LogP contribution in [0, 0.1) is 17.2 Å². The number of nitrogens with zero attached hydrogens (tertiary/aromatic N) is 2. The average molecular weight is 354 g/mol. The lowest BCUT2D eigenvalue weighted by molar-refractivity contribution is -0.132. The number of para-hydroxylation sites is 1. The minimum atomic E-state index is -0.513. The summed E-state index contributed by atoms with van der Waals surface area (Å²) in [6.45, 7) is 0. The number of rotatable bonds is 1. The predicted molar refractivity (Wildman–Crippen MR) is 93.5 cm³/mol. The first-order chi connectivity index (χ1) is 12.1. The van der Waals surface area contributed by atoms with Crippen molar-refractivity contribution in [3.63, 3.8) is 0 Å². The number of ketones is 1. The SMILES string of the molecule is N#CC1=C(N)OC2CCCC(=O)C2C1c1cc2ccccc2nc1Cl. The number of carbonyl (C=O) groups excluding carboxylic acids is 1. The molecule has 25 heavy (non-hydrogen) atoms. The smallest absolute Gasteiger partial charge is 0.199 e. The van der Waals surface area contributed by atoms with Gasteiger partial charge in [-0.2, -0.15) is 5.26 Å². The molecule has 126 valence electrons. The molecule has 1 fully saturated rings. The van der Waals surface area contributed by atoms with Crippen molar-refractivity contribution in [2.75, 3.05) is 0 Å². The maximum atomic E-state index is 12.6. The lowest BCUT2D eigenvalue weighted by Crippen LogP contribution is -2.44. The van der Waals surface area contributed by atoms with E-state index >= 15 is 0 Å². The number of ether oxygens (including phenoxy) is 1. The third kappa shape index (κ3) is 2.54. The molecular formula is C19H16ClN3O2. The van der Waals surface area contributed by atoms with E-state index in [0.29, 0.717) is 17.1 Å². The summed E-state index contributed by atoms with van der Waals surface area (Å²) in [6.07, 6.45) is 1.68. The second-order valence-corrected chi connectivity index (χ2v) is 6.83. The fourth-order valence-corrected chi connectivity index (χ4v) is 4.19. The lowest BCUT2D eigenvalue weighted by atomic mass is 9.70. The fraction of sp³-hybridized carbons (Fsp3) is 0.316. The molecule has 1 aromatic carbocycles. The van der Waals surface area contributed by atoms with E-state index in [1.807, 2.05) is 30.3 Å². The van der Waals surface area contributed by atoms with Crippen molar-refractivity contribution in [1.82, 2.24) is 4.98 Å². The summed E-state index contributed by atoms with van der Waals surface area (Å²) < 4.78 is 5.69. The number of fused-ring (bicyclic) bond motifs is 2. The normalized spacial score (nSPS) is 26.1. The van der Waals surface area contributed by atoms with Gasteiger partial charge in [0.2, 0.25) is 0 Å². The molecule has 2 heterocycles. The second-order valence-electron chi connectivity index (χ2n) is 6.47. The third-order valence-electron chi connectivity index (χ3n) is 5.06. The van der Waals surface area contributed by atoms with Crippen LogP contribution in [-0.4, -0.2) is 16.9 Å². The Kier molecular flexibility index (Phi) is 3.85. The number of halogens is 1. The van der Waals surface area contributed by atoms with Gasteiger partial charge in [0.05, 0.1) is 17.0 Å². The first kappa shape index (κ1) is 15.9. The van der Waals surface area contributed by atoms with Crippen LogP contribution in [0.1, 0.15) is 30.7 Å². The Morgan fingerprint density at radius 1 is 1.36 bits per heavy atom. The minimum Gasteiger partial charge on any atom is -0.475 e. The molecule has 2 N–H and O–H groups in total. The van der Waals surface area contributed by atoms with Gasteiger partial charge in [0, 0.05) is 17.7 Å². The Morgan fingerprint density at radius 2 is 2.16 bits per heavy atom. The third-order valence-corrected chi connectivity index (χ3v) is 5.36. The van der Waals surface area contributed by atoms with Crippen LogP contribution in [0.2, 0.25) is 5.15 Å². The van der Waals surface area contributed by atoms with Crippen LogP contribution in [0.5, 0.6) is 0 Å². The monoisotopic (exact) mass is 353 g/mol. The maximum absolute atomic E-state index is 12.6. The number of nitriles is 1. The highest BCUT2D eigenvalue weighted by atomic mass is 35.5. The van der Waals surface area contributed by atoms with Crippen LogP contribution in [0.15, 0.2) is 41.8 Å². The van der Waals surface area contributed by atoms with E-state index in [9.17, 15) is 10.1 Å². The quantitative estimate of drug-likeness (QED) is 0.793. The van der Waals surface area contributed by atoms with Gasteiger partial charge in [0.1, 0.15) is 23.1 Å². The van der Waals surface area contributed by atoms with Gasteiger partial charge in [0.15, 0.2) is 5.88 Å². The van der Waals surface area contributed by atoms with Crippen LogP contribution < -0.4 is 5.73 Å². The molecule has 0 radical (unpaired) electrons. The van der Waals surface area contributed by atoms with Crippen molar-refractivity contribution in [1.29, 1.82) is 5.26 Å². The number of Topliss-reactive ketones (excluding diaryl/α,β-unsaturated/α-hetero) is 1. The van der Waals surface area contributed by atoms with Crippen LogP contribution in [0.4, 0.5) is 0 Å². The molecule has 0 amide bonds. The first-order valence-electron chi connectivity index (χ1n) is 8.24. The summed E-state index contributed by atoms with van der Waals surface area (Å²) in [5.41, 5.74) is 7.68. The zero-order valence-corrected chi connectivity index (χ0v) is 14.2. The molecule has 3 unspecified atom stereocenters. The van der Waals surface area contributed by atoms with E-state index in [-0.39, 0.29) is 23.3 Å². The van der Waals surface area contributed by atoms with E-state index in [1.165, 1.54) is 0 Å². The van der Waals surface area contributed by atoms with Crippen LogP contribution >= 0.6 is 11.6 Å². The van der Waals surface area contributed by atoms with Crippen molar-refractivity contribution in [3.05, 3.63) is 52.5 Å². The molecule has 2 aromatic rings. The molecule has 1 aliphatic heterocycles. The molecule has 1 aromatic heterocycles. The maximum Gasteiger partial charge on any atom is 0.199 e. The fourth-order valence-electron chi connectivity index (χ4n) is 3.92. The average Bonchev–Trinajstić information content (AvgIpc) is 2.60. The molecule has 0 spiro atoms. The van der Waals surface area contributed by atoms with E-state index in [0.717, 1.165) is 23.7 Å². The van der Waals surface area contributed by atoms with E-state index in [1.54, 1.807) is 0 Å². The summed E-state index contributed by atoms with van der Waals surface area (Å²) in [5, 5.41) is 10.8. The highest BCUT2D eigenvalue weighted by molar-refractivity contribution is 6.30. The van der Waals surface area contributed by atoms with E-state index in [4.69, 9.17) is 22.1 Å². The number of aromatic nitrogens is 1. The summed E-state index contributed by atoms with van der Waals surface area (Å²) in [4.78, 5) is 17.1. The zero-order valence-electron chi connectivity index (χ0n) is 13.4. The molecule has 2 aliphatic rings. The molecule has 4 rings (SSSR count). The van der Waals surface area contributed by atoms with Crippen molar-refractivity contribution in [3.8, 4) is 6.07 Å². The van der Waals surface area contributed by atoms with E-state index in [2.05, 4.69) is 11.1 Å². The standard InChI is InChI=1S/C19H16ClN3O2/c20-18-11(8-10-4-1-2-5-13(10)23-18)16-12(9-21)19(22)25-15-7-3-6-14(24)17(15)16/h1-2,4-5,8,15-17H,3,6-7,22H2. The molecule has 1 aliphatic carbocycles. The number of carbonyl (C=O) groups is 1. The largest absolute Gasteiger partial charge is 0.475 e. The Hall–Kier alpha value is -2.58. The van der Waals surface area contributed by atoms with Crippen molar-refractivity contribution < 1.29 is 9.53 Å². The van der Waals surface area contributed by atoms with Crippen molar-refractivity contribution in [2.45, 2.75) is 31.3 Å². The van der Waals surface area contributed by atoms with Gasteiger partial charge in [-0.3, -0.25) is 4.79 Å². The number of allylic oxidation sites excluding steroid dienone is 1. The summed E-state index contributed by atoms with van der Waals surface area (Å²) in [5.74, 6) is -0.782. The zero-order chi connectivity index (χ0) is 17.6. The van der Waals surface area contributed by atoms with Gasteiger partial charge in [-0.05, 0) is 30.5 Å². The highest BCUT2D eigenvalue weighted by Crippen LogP contribution is 2.46. The van der Waals surface area contributed by atoms with Gasteiger partial charge in [0.25, 0.3) is 0 Å². The van der Waals surface area contributed by atoms with Crippen LogP contribution in [-0.2, 0) is 9.53 Å². The van der Waals surface area contributed by atoms with Gasteiger partial charge in [-0.25, -0.2) is 4.98 Å². The van der Waals surface area contributed by atoms with Gasteiger partial charge >= 0.3 is 0 Å². The number of hydrogen-bond donors (Lipinski definition) is 1. The molecule has 6 heteroatoms. The summed E-state index contributed by atoms with van der Waals surface area (Å²) >= 11 is 6.45. The lowest BCUT2D eigenvalue weighted by Gasteiger charge is -2.40. The molecular weight excluding hydrogens is 338 g/mol. The van der Waals surface area contributed by atoms with Gasteiger partial charge < -0.3 is 10.5 Å². The van der Waals surface area contributed by atoms with E-state index < -0.39 is 11.8 Å². The van der Waals surface area contributed by atoms with Crippen LogP contribution in [0.25, 0.3) is 10.9 Å². The number of hydrogen-bond acceptors (Lipinski definition) is 5.